The lowest BCUT2D eigenvalue weighted by atomic mass is 11.5. The maximum Gasteiger partial charge on any atom is 0.256 e. The van der Waals surface area contributed by atoms with Gasteiger partial charge in [0.05, 0.1) is 0 Å². The maximum absolute atomic E-state index is 9.52. The minimum Gasteiger partial charge on any atom is -0.147 e. The molecule has 0 unspecified atom stereocenters. The molecule has 0 aromatic rings. The van der Waals surface area contributed by atoms with Crippen LogP contribution >= 0.6 is 34.2 Å². The van der Waals surface area contributed by atoms with Crippen LogP contribution in [0.2, 0.25) is 0 Å². The van der Waals surface area contributed by atoms with E-state index in [-0.39, 0.29) is 0 Å². The minimum absolute atomic E-state index is 0.611. The Morgan fingerprint density at radius 2 is 2.17 bits per heavy atom. The van der Waals surface area contributed by atoms with Crippen molar-refractivity contribution in [3.05, 3.63) is 4.91 Å². The molecule has 1 fully saturated rings. The van der Waals surface area contributed by atoms with Crippen LogP contribution in [-0.4, -0.2) is 3.54 Å². The molecular formula is CHNOS3. The van der Waals surface area contributed by atoms with Crippen molar-refractivity contribution in [1.82, 2.24) is 0 Å². The quantitative estimate of drug-likeness (QED) is 0.259. The summed E-state index contributed by atoms with van der Waals surface area (Å²) in [6, 6.07) is 0. The smallest absolute Gasteiger partial charge is 0.147 e. The fourth-order valence-corrected chi connectivity index (χ4v) is 0.945. The molecule has 0 aliphatic carbocycles. The van der Waals surface area contributed by atoms with E-state index in [0.29, 0.717) is 0 Å². The number of nitrogens with zero attached hydrogens (tertiary/aromatic N) is 1. The van der Waals surface area contributed by atoms with Crippen molar-refractivity contribution >= 4 is 34.2 Å². The van der Waals surface area contributed by atoms with Gasteiger partial charge in [0, 0.05) is 0 Å². The third-order valence-corrected chi connectivity index (χ3v) is 3.78. The van der Waals surface area contributed by atoms with Gasteiger partial charge in [-0.3, -0.25) is 0 Å². The molecule has 0 N–H and O–H groups in total. The van der Waals surface area contributed by atoms with Crippen LogP contribution in [0.3, 0.4) is 0 Å². The summed E-state index contributed by atoms with van der Waals surface area (Å²) in [5.74, 6) is 0. The van der Waals surface area contributed by atoms with Crippen LogP contribution in [0, 0.1) is 4.91 Å². The second-order valence-electron chi connectivity index (χ2n) is 0.806. The van der Waals surface area contributed by atoms with Gasteiger partial charge in [-0.1, -0.05) is 0 Å². The molecule has 0 aromatic carbocycles. The molecule has 5 heteroatoms. The summed E-state index contributed by atoms with van der Waals surface area (Å²) in [5.41, 5.74) is 0. The van der Waals surface area contributed by atoms with Gasteiger partial charge in [-0.15, -0.1) is 17.5 Å². The largest absolute Gasteiger partial charge is 0.256 e. The topological polar surface area (TPSA) is 29.4 Å². The summed E-state index contributed by atoms with van der Waals surface area (Å²) in [7, 11) is 2.74. The maximum atomic E-state index is 9.52. The molecule has 1 aliphatic heterocycles. The molecule has 6 heavy (non-hydrogen) atoms. The van der Waals surface area contributed by atoms with Crippen LogP contribution in [0.25, 0.3) is 0 Å². The molecule has 0 spiro atoms. The Kier molecular flexibility index (Phi) is 1.05. The van der Waals surface area contributed by atoms with Gasteiger partial charge in [-0.25, -0.2) is 0 Å². The molecule has 2 nitrogen and oxygen atoms in total. The van der Waals surface area contributed by atoms with Crippen LogP contribution < -0.4 is 0 Å². The van der Waals surface area contributed by atoms with Gasteiger partial charge in [0.2, 0.25) is 0 Å². The van der Waals surface area contributed by atoms with Crippen molar-refractivity contribution < 1.29 is 0 Å². The van der Waals surface area contributed by atoms with Gasteiger partial charge < -0.3 is 0 Å². The predicted octanol–water partition coefficient (Wildman–Crippen LogP) is 1.69. The number of hydrogen-bond acceptors (Lipinski definition) is 5. The molecule has 1 aliphatic rings. The van der Waals surface area contributed by atoms with Crippen LogP contribution in [-0.2, 0) is 0 Å². The summed E-state index contributed by atoms with van der Waals surface area (Å²) in [5, 5.41) is 2.67. The first-order valence-electron chi connectivity index (χ1n) is 1.20. The highest BCUT2D eigenvalue weighted by Crippen LogP contribution is 2.68. The average molecular weight is 139 g/mol. The van der Waals surface area contributed by atoms with E-state index in [1.54, 1.807) is 0 Å². The van der Waals surface area contributed by atoms with Gasteiger partial charge in [0.25, 0.3) is 3.54 Å². The molecule has 0 saturated carbocycles. The van der Waals surface area contributed by atoms with Crippen molar-refractivity contribution in [2.75, 3.05) is 0 Å². The zero-order chi connectivity index (χ0) is 4.62. The normalized spacial score (nSPS) is 26.2. The third kappa shape index (κ3) is 0.828. The summed E-state index contributed by atoms with van der Waals surface area (Å²) >= 11 is 3.81. The predicted molar refractivity (Wildman–Crippen MR) is 32.7 cm³/mol. The lowest BCUT2D eigenvalue weighted by Gasteiger charge is -1.77. The number of rotatable bonds is 1. The first-order valence-corrected chi connectivity index (χ1v) is 3.80. The Bertz CT molecular complexity index is 78.9. The summed E-state index contributed by atoms with van der Waals surface area (Å²) in [6.45, 7) is 0. The standard InChI is InChI=1S/CHNOS3/c3-2-1(4)5-6-1/h4H. The van der Waals surface area contributed by atoms with E-state index in [0.717, 1.165) is 0 Å². The van der Waals surface area contributed by atoms with E-state index in [4.69, 9.17) is 0 Å². The monoisotopic (exact) mass is 139 g/mol. The lowest BCUT2D eigenvalue weighted by molar-refractivity contribution is 1.25. The van der Waals surface area contributed by atoms with E-state index in [1.807, 2.05) is 0 Å². The summed E-state index contributed by atoms with van der Waals surface area (Å²) in [6.07, 6.45) is 0. The second kappa shape index (κ2) is 1.31. The SMILES string of the molecule is O=NC1(S)SS1. The highest BCUT2D eigenvalue weighted by Gasteiger charge is 2.44. The molecular weight excluding hydrogens is 138 g/mol. The highest BCUT2D eigenvalue weighted by atomic mass is 33.2. The van der Waals surface area contributed by atoms with Crippen molar-refractivity contribution in [2.24, 2.45) is 5.18 Å². The molecule has 34 valence electrons. The van der Waals surface area contributed by atoms with Crippen LogP contribution in [0.5, 0.6) is 0 Å². The molecule has 1 rings (SSSR count). The van der Waals surface area contributed by atoms with E-state index in [1.165, 1.54) is 21.6 Å². The summed E-state index contributed by atoms with van der Waals surface area (Å²) < 4.78 is -0.611. The minimum atomic E-state index is -0.611. The molecule has 1 saturated heterocycles. The number of nitroso groups, excluding NO2 is 1. The Morgan fingerprint density at radius 3 is 2.17 bits per heavy atom. The van der Waals surface area contributed by atoms with E-state index >= 15 is 0 Å². The Hall–Kier alpha value is 0.650. The number of hydrogen-bond donors (Lipinski definition) is 1. The van der Waals surface area contributed by atoms with E-state index < -0.39 is 3.54 Å². The number of thiol groups is 1. The molecule has 0 radical (unpaired) electrons. The Morgan fingerprint density at radius 1 is 1.67 bits per heavy atom. The van der Waals surface area contributed by atoms with Gasteiger partial charge in [0.1, 0.15) is 0 Å². The van der Waals surface area contributed by atoms with Gasteiger partial charge in [-0.2, -0.15) is 0 Å². The molecule has 0 amide bonds. The fraction of sp³-hybridized carbons (Fsp3) is 1.00. The average Bonchev–Trinajstić information content (AvgIpc) is 2.22. The van der Waals surface area contributed by atoms with Crippen molar-refractivity contribution in [3.63, 3.8) is 0 Å². The van der Waals surface area contributed by atoms with E-state index in [9.17, 15) is 4.91 Å². The first-order chi connectivity index (χ1) is 2.77. The van der Waals surface area contributed by atoms with Gasteiger partial charge in [0.15, 0.2) is 0 Å². The van der Waals surface area contributed by atoms with Crippen molar-refractivity contribution in [3.8, 4) is 0 Å². The Balaban J connectivity index is 2.47. The first kappa shape index (κ1) is 4.80. The van der Waals surface area contributed by atoms with Crippen LogP contribution in [0.15, 0.2) is 5.18 Å². The highest BCUT2D eigenvalue weighted by molar-refractivity contribution is 8.97. The van der Waals surface area contributed by atoms with Crippen molar-refractivity contribution in [1.29, 1.82) is 0 Å². The van der Waals surface area contributed by atoms with Crippen molar-refractivity contribution in [2.45, 2.75) is 3.54 Å². The molecule has 0 atom stereocenters. The van der Waals surface area contributed by atoms with Gasteiger partial charge >= 0.3 is 0 Å². The Labute approximate surface area is 48.2 Å². The lowest BCUT2D eigenvalue weighted by Crippen LogP contribution is -1.79. The molecule has 0 bridgehead atoms. The molecule has 0 aromatic heterocycles. The third-order valence-electron chi connectivity index (χ3n) is 0.348. The van der Waals surface area contributed by atoms with Crippen LogP contribution in [0.1, 0.15) is 0 Å². The van der Waals surface area contributed by atoms with Gasteiger partial charge in [-0.05, 0) is 26.8 Å². The van der Waals surface area contributed by atoms with Crippen LogP contribution in [0.4, 0.5) is 0 Å². The zero-order valence-corrected chi connectivity index (χ0v) is 5.15. The fourth-order valence-electron chi connectivity index (χ4n) is 0.0677. The zero-order valence-electron chi connectivity index (χ0n) is 2.62. The summed E-state index contributed by atoms with van der Waals surface area (Å²) in [4.78, 5) is 9.52. The second-order valence-corrected chi connectivity index (χ2v) is 4.83. The van der Waals surface area contributed by atoms with E-state index in [2.05, 4.69) is 17.8 Å². The molecule has 1 heterocycles.